The molecule has 2 aromatic rings. The van der Waals surface area contributed by atoms with Crippen LogP contribution in [-0.4, -0.2) is 9.97 Å². The van der Waals surface area contributed by atoms with Crippen LogP contribution in [0.5, 0.6) is 0 Å². The molecule has 0 atom stereocenters. The van der Waals surface area contributed by atoms with E-state index in [4.69, 9.17) is 5.73 Å². The molecule has 0 aliphatic heterocycles. The standard InChI is InChI=1S/C14H15F2N3/c1-8(2)11-7-12(17)19-14(18-11)10-5-3-4-9(6-10)13(15)16/h3-8,13H,1-2H3,(H2,17,18,19). The van der Waals surface area contributed by atoms with E-state index >= 15 is 0 Å². The summed E-state index contributed by atoms with van der Waals surface area (Å²) in [5.74, 6) is 0.921. The minimum absolute atomic E-state index is 0.0466. The first-order valence-corrected chi connectivity index (χ1v) is 6.00. The lowest BCUT2D eigenvalue weighted by Gasteiger charge is -2.09. The number of hydrogen-bond donors (Lipinski definition) is 1. The third kappa shape index (κ3) is 3.05. The maximum Gasteiger partial charge on any atom is 0.263 e. The van der Waals surface area contributed by atoms with Gasteiger partial charge in [-0.2, -0.15) is 0 Å². The van der Waals surface area contributed by atoms with Crippen LogP contribution in [0.3, 0.4) is 0 Å². The minimum atomic E-state index is -2.51. The van der Waals surface area contributed by atoms with Gasteiger partial charge in [0.15, 0.2) is 5.82 Å². The first-order valence-electron chi connectivity index (χ1n) is 6.00. The van der Waals surface area contributed by atoms with E-state index in [0.29, 0.717) is 17.2 Å². The summed E-state index contributed by atoms with van der Waals surface area (Å²) in [6, 6.07) is 7.74. The number of hydrogen-bond acceptors (Lipinski definition) is 3. The molecule has 1 heterocycles. The first kappa shape index (κ1) is 13.4. The van der Waals surface area contributed by atoms with Gasteiger partial charge in [0.1, 0.15) is 5.82 Å². The van der Waals surface area contributed by atoms with Crippen LogP contribution in [-0.2, 0) is 0 Å². The highest BCUT2D eigenvalue weighted by Gasteiger charge is 2.11. The Morgan fingerprint density at radius 2 is 1.84 bits per heavy atom. The highest BCUT2D eigenvalue weighted by atomic mass is 19.3. The Kier molecular flexibility index (Phi) is 3.74. The summed E-state index contributed by atoms with van der Waals surface area (Å²) in [6.07, 6.45) is -2.51. The fraction of sp³-hybridized carbons (Fsp3) is 0.286. The number of nitrogen functional groups attached to an aromatic ring is 1. The predicted molar refractivity (Wildman–Crippen MR) is 70.9 cm³/mol. The van der Waals surface area contributed by atoms with Gasteiger partial charge in [0, 0.05) is 22.9 Å². The molecule has 0 amide bonds. The highest BCUT2D eigenvalue weighted by molar-refractivity contribution is 5.58. The van der Waals surface area contributed by atoms with Gasteiger partial charge in [0.05, 0.1) is 0 Å². The van der Waals surface area contributed by atoms with Crippen LogP contribution in [0, 0.1) is 0 Å². The third-order valence-corrected chi connectivity index (χ3v) is 2.75. The Morgan fingerprint density at radius 3 is 2.47 bits per heavy atom. The molecule has 2 rings (SSSR count). The van der Waals surface area contributed by atoms with Crippen LogP contribution >= 0.6 is 0 Å². The van der Waals surface area contributed by atoms with Gasteiger partial charge in [-0.15, -0.1) is 0 Å². The summed E-state index contributed by atoms with van der Waals surface area (Å²) >= 11 is 0. The molecule has 0 spiro atoms. The quantitative estimate of drug-likeness (QED) is 0.916. The first-order chi connectivity index (χ1) is 8.97. The van der Waals surface area contributed by atoms with Gasteiger partial charge in [0.2, 0.25) is 0 Å². The van der Waals surface area contributed by atoms with E-state index < -0.39 is 6.43 Å². The van der Waals surface area contributed by atoms with E-state index in [9.17, 15) is 8.78 Å². The van der Waals surface area contributed by atoms with E-state index in [1.165, 1.54) is 12.1 Å². The smallest absolute Gasteiger partial charge is 0.263 e. The fourth-order valence-corrected chi connectivity index (χ4v) is 1.72. The van der Waals surface area contributed by atoms with E-state index in [2.05, 4.69) is 9.97 Å². The molecular formula is C14H15F2N3. The summed E-state index contributed by atoms with van der Waals surface area (Å²) in [7, 11) is 0. The molecule has 100 valence electrons. The van der Waals surface area contributed by atoms with Crippen molar-refractivity contribution in [3.05, 3.63) is 41.6 Å². The molecule has 0 saturated heterocycles. The van der Waals surface area contributed by atoms with Gasteiger partial charge >= 0.3 is 0 Å². The van der Waals surface area contributed by atoms with Gasteiger partial charge in [-0.1, -0.05) is 32.0 Å². The van der Waals surface area contributed by atoms with E-state index in [0.717, 1.165) is 5.69 Å². The zero-order valence-corrected chi connectivity index (χ0v) is 10.8. The largest absolute Gasteiger partial charge is 0.384 e. The fourth-order valence-electron chi connectivity index (χ4n) is 1.72. The van der Waals surface area contributed by atoms with Crippen molar-refractivity contribution < 1.29 is 8.78 Å². The number of benzene rings is 1. The van der Waals surface area contributed by atoms with Crippen LogP contribution in [0.1, 0.15) is 37.4 Å². The summed E-state index contributed by atoms with van der Waals surface area (Å²) in [5, 5.41) is 0. The van der Waals surface area contributed by atoms with Crippen molar-refractivity contribution in [1.29, 1.82) is 0 Å². The van der Waals surface area contributed by atoms with Gasteiger partial charge < -0.3 is 5.73 Å². The molecule has 1 aromatic heterocycles. The molecule has 0 bridgehead atoms. The topological polar surface area (TPSA) is 51.8 Å². The number of aromatic nitrogens is 2. The van der Waals surface area contributed by atoms with Crippen molar-refractivity contribution in [3.8, 4) is 11.4 Å². The average Bonchev–Trinajstić information content (AvgIpc) is 2.38. The molecule has 0 aliphatic rings. The van der Waals surface area contributed by atoms with Crippen LogP contribution in [0.25, 0.3) is 11.4 Å². The number of alkyl halides is 2. The monoisotopic (exact) mass is 263 g/mol. The van der Waals surface area contributed by atoms with Gasteiger partial charge in [0.25, 0.3) is 6.43 Å². The van der Waals surface area contributed by atoms with Crippen molar-refractivity contribution in [2.24, 2.45) is 0 Å². The summed E-state index contributed by atoms with van der Waals surface area (Å²) in [6.45, 7) is 3.97. The molecule has 5 heteroatoms. The van der Waals surface area contributed by atoms with Crippen molar-refractivity contribution in [3.63, 3.8) is 0 Å². The molecule has 2 N–H and O–H groups in total. The molecule has 0 fully saturated rings. The van der Waals surface area contributed by atoms with Crippen LogP contribution in [0.15, 0.2) is 30.3 Å². The number of anilines is 1. The molecule has 19 heavy (non-hydrogen) atoms. The molecule has 1 aromatic carbocycles. The second-order valence-electron chi connectivity index (χ2n) is 4.62. The Morgan fingerprint density at radius 1 is 1.11 bits per heavy atom. The number of halogens is 2. The summed E-state index contributed by atoms with van der Waals surface area (Å²) in [5.41, 5.74) is 7.03. The minimum Gasteiger partial charge on any atom is -0.384 e. The zero-order valence-electron chi connectivity index (χ0n) is 10.8. The molecule has 3 nitrogen and oxygen atoms in total. The Hall–Kier alpha value is -2.04. The lowest BCUT2D eigenvalue weighted by molar-refractivity contribution is 0.151. The van der Waals surface area contributed by atoms with Gasteiger partial charge in [-0.05, 0) is 12.0 Å². The zero-order chi connectivity index (χ0) is 14.0. The molecule has 0 unspecified atom stereocenters. The maximum atomic E-state index is 12.7. The number of nitrogens with zero attached hydrogens (tertiary/aromatic N) is 2. The van der Waals surface area contributed by atoms with E-state index in [-0.39, 0.29) is 11.5 Å². The van der Waals surface area contributed by atoms with E-state index in [1.54, 1.807) is 18.2 Å². The van der Waals surface area contributed by atoms with E-state index in [1.807, 2.05) is 13.8 Å². The lowest BCUT2D eigenvalue weighted by Crippen LogP contribution is -2.02. The van der Waals surface area contributed by atoms with Crippen LogP contribution in [0.2, 0.25) is 0 Å². The number of nitrogens with two attached hydrogens (primary N) is 1. The number of rotatable bonds is 3. The average molecular weight is 263 g/mol. The lowest BCUT2D eigenvalue weighted by atomic mass is 10.1. The Labute approximate surface area is 110 Å². The SMILES string of the molecule is CC(C)c1cc(N)nc(-c2cccc(C(F)F)c2)n1. The Bertz CT molecular complexity index is 583. The van der Waals surface area contributed by atoms with Crippen molar-refractivity contribution in [2.45, 2.75) is 26.2 Å². The van der Waals surface area contributed by atoms with Crippen LogP contribution < -0.4 is 5.73 Å². The second-order valence-corrected chi connectivity index (χ2v) is 4.62. The van der Waals surface area contributed by atoms with Crippen molar-refractivity contribution in [1.82, 2.24) is 9.97 Å². The normalized spacial score (nSPS) is 11.3. The molecule has 0 aliphatic carbocycles. The molecule has 0 saturated carbocycles. The highest BCUT2D eigenvalue weighted by Crippen LogP contribution is 2.25. The van der Waals surface area contributed by atoms with Crippen molar-refractivity contribution in [2.75, 3.05) is 5.73 Å². The molecular weight excluding hydrogens is 248 g/mol. The predicted octanol–water partition coefficient (Wildman–Crippen LogP) is 3.79. The third-order valence-electron chi connectivity index (χ3n) is 2.75. The Balaban J connectivity index is 2.49. The maximum absolute atomic E-state index is 12.7. The summed E-state index contributed by atoms with van der Waals surface area (Å²) < 4.78 is 25.4. The van der Waals surface area contributed by atoms with Crippen molar-refractivity contribution >= 4 is 5.82 Å². The van der Waals surface area contributed by atoms with Gasteiger partial charge in [-0.25, -0.2) is 18.7 Å². The van der Waals surface area contributed by atoms with Gasteiger partial charge in [-0.3, -0.25) is 0 Å². The molecule has 0 radical (unpaired) electrons. The van der Waals surface area contributed by atoms with Crippen LogP contribution in [0.4, 0.5) is 14.6 Å². The second kappa shape index (κ2) is 5.30. The summed E-state index contributed by atoms with van der Waals surface area (Å²) in [4.78, 5) is 8.48.